The van der Waals surface area contributed by atoms with Crippen molar-refractivity contribution in [3.63, 3.8) is 0 Å². The van der Waals surface area contributed by atoms with E-state index in [1.165, 1.54) is 0 Å². The van der Waals surface area contributed by atoms with Crippen LogP contribution in [0.5, 0.6) is 0 Å². The summed E-state index contributed by atoms with van der Waals surface area (Å²) in [5, 5.41) is 6.80. The first-order chi connectivity index (χ1) is 11.0. The van der Waals surface area contributed by atoms with Gasteiger partial charge in [-0.1, -0.05) is 13.8 Å². The van der Waals surface area contributed by atoms with Crippen LogP contribution in [0.15, 0.2) is 52.4 Å². The molecule has 2 aromatic heterocycles. The normalized spacial score (nSPS) is 22.5. The fourth-order valence-electron chi connectivity index (χ4n) is 3.44. The van der Waals surface area contributed by atoms with E-state index in [9.17, 15) is 4.79 Å². The second-order valence-corrected chi connectivity index (χ2v) is 6.95. The number of carbonyl (C=O) groups is 1. The molecule has 0 saturated carbocycles. The van der Waals surface area contributed by atoms with Crippen molar-refractivity contribution in [2.24, 2.45) is 5.41 Å². The third-order valence-electron chi connectivity index (χ3n) is 4.41. The highest BCUT2D eigenvalue weighted by molar-refractivity contribution is 6.00. The van der Waals surface area contributed by atoms with Crippen LogP contribution < -0.4 is 10.6 Å². The Morgan fingerprint density at radius 3 is 2.91 bits per heavy atom. The molecule has 4 rings (SSSR count). The molecule has 118 valence electrons. The van der Waals surface area contributed by atoms with Crippen LogP contribution in [0.4, 0.5) is 11.5 Å². The quantitative estimate of drug-likeness (QED) is 0.836. The van der Waals surface area contributed by atoms with Crippen LogP contribution in [0.25, 0.3) is 0 Å². The summed E-state index contributed by atoms with van der Waals surface area (Å²) in [5.41, 5.74) is 2.56. The largest absolute Gasteiger partial charge is 0.467 e. The molecular formula is C18H19N3O2. The van der Waals surface area contributed by atoms with Crippen LogP contribution in [0.3, 0.4) is 0 Å². The molecule has 5 heteroatoms. The summed E-state index contributed by atoms with van der Waals surface area (Å²) >= 11 is 0. The van der Waals surface area contributed by atoms with Gasteiger partial charge in [0.1, 0.15) is 11.8 Å². The van der Waals surface area contributed by atoms with E-state index >= 15 is 0 Å². The predicted molar refractivity (Wildman–Crippen MR) is 88.0 cm³/mol. The van der Waals surface area contributed by atoms with Crippen molar-refractivity contribution in [2.45, 2.75) is 32.7 Å². The molecule has 2 aliphatic rings. The van der Waals surface area contributed by atoms with Gasteiger partial charge in [-0.3, -0.25) is 4.79 Å². The van der Waals surface area contributed by atoms with Crippen molar-refractivity contribution in [1.82, 2.24) is 4.98 Å². The predicted octanol–water partition coefficient (Wildman–Crippen LogP) is 3.90. The zero-order valence-electron chi connectivity index (χ0n) is 13.2. The smallest absolute Gasteiger partial charge is 0.163 e. The van der Waals surface area contributed by atoms with E-state index in [2.05, 4.69) is 29.5 Å². The number of ketones is 1. The Morgan fingerprint density at radius 1 is 1.26 bits per heavy atom. The average molecular weight is 309 g/mol. The monoisotopic (exact) mass is 309 g/mol. The topological polar surface area (TPSA) is 67.2 Å². The summed E-state index contributed by atoms with van der Waals surface area (Å²) in [7, 11) is 0. The Kier molecular flexibility index (Phi) is 3.04. The number of hydrogen-bond donors (Lipinski definition) is 2. The van der Waals surface area contributed by atoms with Gasteiger partial charge in [0.2, 0.25) is 0 Å². The highest BCUT2D eigenvalue weighted by atomic mass is 16.3. The number of allylic oxidation sites excluding steroid dienone is 1. The molecular weight excluding hydrogens is 290 g/mol. The van der Waals surface area contributed by atoms with Crippen LogP contribution >= 0.6 is 0 Å². The van der Waals surface area contributed by atoms with E-state index in [0.29, 0.717) is 6.42 Å². The van der Waals surface area contributed by atoms with Gasteiger partial charge in [-0.05, 0) is 36.1 Å². The van der Waals surface area contributed by atoms with Gasteiger partial charge in [-0.2, -0.15) is 0 Å². The first-order valence-corrected chi connectivity index (χ1v) is 7.82. The van der Waals surface area contributed by atoms with Crippen molar-refractivity contribution >= 4 is 17.3 Å². The Balaban J connectivity index is 1.88. The highest BCUT2D eigenvalue weighted by Crippen LogP contribution is 2.44. The molecule has 1 aliphatic heterocycles. The first kappa shape index (κ1) is 14.1. The zero-order valence-corrected chi connectivity index (χ0v) is 13.2. The second-order valence-electron chi connectivity index (χ2n) is 6.95. The first-order valence-electron chi connectivity index (χ1n) is 7.82. The molecule has 0 fully saturated rings. The number of nitrogens with one attached hydrogen (secondary N) is 2. The van der Waals surface area contributed by atoms with Crippen LogP contribution in [-0.2, 0) is 4.79 Å². The summed E-state index contributed by atoms with van der Waals surface area (Å²) in [6.45, 7) is 4.25. The molecule has 1 aliphatic carbocycles. The van der Waals surface area contributed by atoms with Crippen molar-refractivity contribution in [1.29, 1.82) is 0 Å². The number of aromatic nitrogens is 1. The number of nitrogens with zero attached hydrogens (tertiary/aromatic N) is 1. The number of anilines is 2. The maximum atomic E-state index is 12.9. The number of fused-ring (bicyclic) bond motifs is 1. The number of furan rings is 1. The molecule has 0 spiro atoms. The van der Waals surface area contributed by atoms with Gasteiger partial charge in [0.05, 0.1) is 12.0 Å². The molecule has 1 atom stereocenters. The average Bonchev–Trinajstić information content (AvgIpc) is 2.95. The Hall–Kier alpha value is -2.56. The number of pyridine rings is 1. The van der Waals surface area contributed by atoms with E-state index in [4.69, 9.17) is 4.42 Å². The summed E-state index contributed by atoms with van der Waals surface area (Å²) in [6, 6.07) is 7.27. The van der Waals surface area contributed by atoms with Crippen LogP contribution in [0.2, 0.25) is 0 Å². The summed E-state index contributed by atoms with van der Waals surface area (Å²) in [4.78, 5) is 17.3. The van der Waals surface area contributed by atoms with Crippen LogP contribution in [0.1, 0.15) is 38.5 Å². The van der Waals surface area contributed by atoms with Gasteiger partial charge in [-0.15, -0.1) is 0 Å². The minimum Gasteiger partial charge on any atom is -0.467 e. The maximum Gasteiger partial charge on any atom is 0.163 e. The molecule has 23 heavy (non-hydrogen) atoms. The van der Waals surface area contributed by atoms with Gasteiger partial charge in [0.25, 0.3) is 0 Å². The Bertz CT molecular complexity index is 790. The summed E-state index contributed by atoms with van der Waals surface area (Å²) in [6.07, 6.45) is 4.73. The van der Waals surface area contributed by atoms with Crippen molar-refractivity contribution in [3.05, 3.63) is 53.8 Å². The van der Waals surface area contributed by atoms with E-state index in [1.54, 1.807) is 12.5 Å². The molecule has 2 aromatic rings. The molecule has 0 amide bonds. The van der Waals surface area contributed by atoms with E-state index in [0.717, 1.165) is 35.0 Å². The lowest BCUT2D eigenvalue weighted by Crippen LogP contribution is -2.31. The van der Waals surface area contributed by atoms with Crippen LogP contribution in [-0.4, -0.2) is 10.8 Å². The van der Waals surface area contributed by atoms with Gasteiger partial charge in [0.15, 0.2) is 11.6 Å². The van der Waals surface area contributed by atoms with Gasteiger partial charge in [-0.25, -0.2) is 4.98 Å². The SMILES string of the molecule is CC1(C)CC(=O)C2=C(C1)Nc1cccnc1NC2c1ccco1. The number of rotatable bonds is 1. The van der Waals surface area contributed by atoms with Crippen LogP contribution in [0, 0.1) is 5.41 Å². The highest BCUT2D eigenvalue weighted by Gasteiger charge is 2.39. The second kappa shape index (κ2) is 4.98. The van der Waals surface area contributed by atoms with Gasteiger partial charge in [0, 0.05) is 23.9 Å². The minimum atomic E-state index is -0.313. The van der Waals surface area contributed by atoms with E-state index in [-0.39, 0.29) is 17.2 Å². The van der Waals surface area contributed by atoms with E-state index < -0.39 is 0 Å². The van der Waals surface area contributed by atoms with Crippen molar-refractivity contribution < 1.29 is 9.21 Å². The van der Waals surface area contributed by atoms with Gasteiger partial charge >= 0.3 is 0 Å². The fourth-order valence-corrected chi connectivity index (χ4v) is 3.44. The van der Waals surface area contributed by atoms with E-state index in [1.807, 2.05) is 24.3 Å². The summed E-state index contributed by atoms with van der Waals surface area (Å²) in [5.74, 6) is 1.62. The fraction of sp³-hybridized carbons (Fsp3) is 0.333. The Labute approximate surface area is 134 Å². The lowest BCUT2D eigenvalue weighted by Gasteiger charge is -2.33. The molecule has 2 N–H and O–H groups in total. The summed E-state index contributed by atoms with van der Waals surface area (Å²) < 4.78 is 5.59. The minimum absolute atomic E-state index is 0.0522. The van der Waals surface area contributed by atoms with Gasteiger partial charge < -0.3 is 15.1 Å². The van der Waals surface area contributed by atoms with Crippen molar-refractivity contribution in [2.75, 3.05) is 10.6 Å². The lowest BCUT2D eigenvalue weighted by molar-refractivity contribution is -0.118. The molecule has 3 heterocycles. The third kappa shape index (κ3) is 2.42. The number of hydrogen-bond acceptors (Lipinski definition) is 5. The standard InChI is InChI=1S/C18H19N3O2/c1-18(2)9-12-15(13(22)10-18)16(14-6-4-8-23-14)21-17-11(20-12)5-3-7-19-17/h3-8,16,20H,9-10H2,1-2H3,(H,19,21). The lowest BCUT2D eigenvalue weighted by atomic mass is 9.74. The molecule has 0 radical (unpaired) electrons. The maximum absolute atomic E-state index is 12.9. The number of carbonyl (C=O) groups excluding carboxylic acids is 1. The molecule has 0 saturated heterocycles. The molecule has 5 nitrogen and oxygen atoms in total. The van der Waals surface area contributed by atoms with Crippen molar-refractivity contribution in [3.8, 4) is 0 Å². The Morgan fingerprint density at radius 2 is 2.13 bits per heavy atom. The number of Topliss-reactive ketones (excluding diaryl/α,β-unsaturated/α-hetero) is 1. The molecule has 1 unspecified atom stereocenters. The molecule has 0 bridgehead atoms. The third-order valence-corrected chi connectivity index (χ3v) is 4.41. The molecule has 0 aromatic carbocycles. The zero-order chi connectivity index (χ0) is 16.0.